The molecule has 2 aromatic rings. The molecule has 0 saturated heterocycles. The first-order valence-electron chi connectivity index (χ1n) is 6.36. The van der Waals surface area contributed by atoms with Crippen LogP contribution in [-0.2, 0) is 13.1 Å². The van der Waals surface area contributed by atoms with E-state index in [0.717, 1.165) is 17.4 Å². The van der Waals surface area contributed by atoms with E-state index in [0.29, 0.717) is 18.7 Å². The van der Waals surface area contributed by atoms with Crippen molar-refractivity contribution in [3.05, 3.63) is 69.5 Å². The van der Waals surface area contributed by atoms with Gasteiger partial charge < -0.3 is 10.1 Å². The second-order valence-electron chi connectivity index (χ2n) is 4.53. The number of non-ortho nitro benzene ring substituents is 1. The van der Waals surface area contributed by atoms with Crippen molar-refractivity contribution in [1.29, 1.82) is 0 Å². The summed E-state index contributed by atoms with van der Waals surface area (Å²) in [5.41, 5.74) is 1.30. The SMILES string of the molecule is COc1cccc(CNCc2cc(F)cc([N+](=O)[O-])c2)c1. The first-order chi connectivity index (χ1) is 10.1. The maximum absolute atomic E-state index is 13.3. The fraction of sp³-hybridized carbons (Fsp3) is 0.200. The third-order valence-electron chi connectivity index (χ3n) is 2.95. The van der Waals surface area contributed by atoms with Gasteiger partial charge >= 0.3 is 0 Å². The number of halogens is 1. The molecule has 0 fully saturated rings. The lowest BCUT2D eigenvalue weighted by molar-refractivity contribution is -0.385. The number of nitro benzene ring substituents is 1. The molecule has 21 heavy (non-hydrogen) atoms. The van der Waals surface area contributed by atoms with Crippen LogP contribution in [0.2, 0.25) is 0 Å². The summed E-state index contributed by atoms with van der Waals surface area (Å²) >= 11 is 0. The van der Waals surface area contributed by atoms with E-state index >= 15 is 0 Å². The highest BCUT2D eigenvalue weighted by Crippen LogP contribution is 2.16. The second-order valence-corrected chi connectivity index (χ2v) is 4.53. The minimum absolute atomic E-state index is 0.242. The minimum Gasteiger partial charge on any atom is -0.497 e. The lowest BCUT2D eigenvalue weighted by Crippen LogP contribution is -2.13. The van der Waals surface area contributed by atoms with Crippen LogP contribution in [0.15, 0.2) is 42.5 Å². The molecule has 0 aromatic heterocycles. The maximum atomic E-state index is 13.3. The molecule has 2 rings (SSSR count). The fourth-order valence-corrected chi connectivity index (χ4v) is 1.97. The van der Waals surface area contributed by atoms with Gasteiger partial charge in [0.25, 0.3) is 5.69 Å². The number of nitrogens with zero attached hydrogens (tertiary/aromatic N) is 1. The number of methoxy groups -OCH3 is 1. The van der Waals surface area contributed by atoms with E-state index in [1.165, 1.54) is 12.1 Å². The van der Waals surface area contributed by atoms with Gasteiger partial charge in [0.2, 0.25) is 0 Å². The maximum Gasteiger partial charge on any atom is 0.272 e. The Kier molecular flexibility index (Phi) is 4.84. The Bertz CT molecular complexity index is 647. The van der Waals surface area contributed by atoms with Gasteiger partial charge in [0.05, 0.1) is 18.1 Å². The van der Waals surface area contributed by atoms with Crippen molar-refractivity contribution in [2.24, 2.45) is 0 Å². The predicted octanol–water partition coefficient (Wildman–Crippen LogP) is 3.03. The quantitative estimate of drug-likeness (QED) is 0.656. The number of rotatable bonds is 6. The van der Waals surface area contributed by atoms with E-state index < -0.39 is 10.7 Å². The van der Waals surface area contributed by atoms with Crippen LogP contribution >= 0.6 is 0 Å². The zero-order valence-electron chi connectivity index (χ0n) is 11.5. The molecule has 2 aromatic carbocycles. The molecule has 6 heteroatoms. The summed E-state index contributed by atoms with van der Waals surface area (Å²) in [5.74, 6) is 0.151. The first kappa shape index (κ1) is 14.9. The number of benzene rings is 2. The lowest BCUT2D eigenvalue weighted by Gasteiger charge is -2.07. The van der Waals surface area contributed by atoms with E-state index in [2.05, 4.69) is 5.32 Å². The molecule has 0 radical (unpaired) electrons. The third kappa shape index (κ3) is 4.25. The summed E-state index contributed by atoms with van der Waals surface area (Å²) in [5, 5.41) is 13.8. The molecular weight excluding hydrogens is 275 g/mol. The van der Waals surface area contributed by atoms with Crippen LogP contribution in [0.3, 0.4) is 0 Å². The average Bonchev–Trinajstić information content (AvgIpc) is 2.47. The van der Waals surface area contributed by atoms with E-state index in [-0.39, 0.29) is 5.69 Å². The largest absolute Gasteiger partial charge is 0.497 e. The van der Waals surface area contributed by atoms with Crippen molar-refractivity contribution < 1.29 is 14.1 Å². The molecule has 0 bridgehead atoms. The molecule has 0 aliphatic rings. The van der Waals surface area contributed by atoms with Gasteiger partial charge in [-0.25, -0.2) is 4.39 Å². The molecule has 110 valence electrons. The van der Waals surface area contributed by atoms with Gasteiger partial charge in [-0.1, -0.05) is 12.1 Å². The van der Waals surface area contributed by atoms with Gasteiger partial charge in [0.15, 0.2) is 0 Å². The molecule has 0 spiro atoms. The smallest absolute Gasteiger partial charge is 0.272 e. The first-order valence-corrected chi connectivity index (χ1v) is 6.36. The number of hydrogen-bond acceptors (Lipinski definition) is 4. The second kappa shape index (κ2) is 6.81. The van der Waals surface area contributed by atoms with Gasteiger partial charge in [-0.05, 0) is 29.3 Å². The summed E-state index contributed by atoms with van der Waals surface area (Å²) in [6.45, 7) is 0.900. The minimum atomic E-state index is -0.609. The van der Waals surface area contributed by atoms with Gasteiger partial charge in [0.1, 0.15) is 11.6 Å². The van der Waals surface area contributed by atoms with E-state index in [1.54, 1.807) is 7.11 Å². The van der Waals surface area contributed by atoms with Crippen LogP contribution in [0.1, 0.15) is 11.1 Å². The Hall–Kier alpha value is -2.47. The van der Waals surface area contributed by atoms with Crippen molar-refractivity contribution in [3.8, 4) is 5.75 Å². The van der Waals surface area contributed by atoms with Crippen LogP contribution in [0.25, 0.3) is 0 Å². The zero-order valence-corrected chi connectivity index (χ0v) is 11.5. The summed E-state index contributed by atoms with van der Waals surface area (Å²) in [4.78, 5) is 10.1. The Morgan fingerprint density at radius 1 is 1.19 bits per heavy atom. The molecule has 0 unspecified atom stereocenters. The van der Waals surface area contributed by atoms with Gasteiger partial charge in [-0.15, -0.1) is 0 Å². The summed E-state index contributed by atoms with van der Waals surface area (Å²) < 4.78 is 18.4. The molecule has 0 heterocycles. The van der Waals surface area contributed by atoms with E-state index in [1.807, 2.05) is 24.3 Å². The van der Waals surface area contributed by atoms with Crippen molar-refractivity contribution in [3.63, 3.8) is 0 Å². The topological polar surface area (TPSA) is 64.4 Å². The molecule has 0 aliphatic heterocycles. The van der Waals surface area contributed by atoms with Crippen molar-refractivity contribution in [1.82, 2.24) is 5.32 Å². The Balaban J connectivity index is 1.98. The lowest BCUT2D eigenvalue weighted by atomic mass is 10.1. The van der Waals surface area contributed by atoms with Crippen LogP contribution in [-0.4, -0.2) is 12.0 Å². The molecule has 5 nitrogen and oxygen atoms in total. The van der Waals surface area contributed by atoms with Gasteiger partial charge in [0, 0.05) is 19.2 Å². The highest BCUT2D eigenvalue weighted by Gasteiger charge is 2.09. The Morgan fingerprint density at radius 2 is 1.95 bits per heavy atom. The van der Waals surface area contributed by atoms with E-state index in [4.69, 9.17) is 4.74 Å². The third-order valence-corrected chi connectivity index (χ3v) is 2.95. The highest BCUT2D eigenvalue weighted by atomic mass is 19.1. The summed E-state index contributed by atoms with van der Waals surface area (Å²) in [7, 11) is 1.60. The van der Waals surface area contributed by atoms with Crippen LogP contribution < -0.4 is 10.1 Å². The molecule has 1 N–H and O–H groups in total. The highest BCUT2D eigenvalue weighted by molar-refractivity contribution is 5.35. The van der Waals surface area contributed by atoms with Gasteiger partial charge in [-0.3, -0.25) is 10.1 Å². The normalized spacial score (nSPS) is 10.4. The molecule has 0 aliphatic carbocycles. The van der Waals surface area contributed by atoms with Crippen LogP contribution in [0, 0.1) is 15.9 Å². The predicted molar refractivity (Wildman–Crippen MR) is 76.6 cm³/mol. The summed E-state index contributed by atoms with van der Waals surface area (Å²) in [6, 6.07) is 11.1. The van der Waals surface area contributed by atoms with Gasteiger partial charge in [-0.2, -0.15) is 0 Å². The van der Waals surface area contributed by atoms with Crippen LogP contribution in [0.4, 0.5) is 10.1 Å². The molecule has 0 amide bonds. The molecule has 0 saturated carbocycles. The number of hydrogen-bond donors (Lipinski definition) is 1. The summed E-state index contributed by atoms with van der Waals surface area (Å²) in [6.07, 6.45) is 0. The standard InChI is InChI=1S/C15H15FN2O3/c1-21-15-4-2-3-11(7-15)9-17-10-12-5-13(16)8-14(6-12)18(19)20/h2-8,17H,9-10H2,1H3. The zero-order chi connectivity index (χ0) is 15.2. The van der Waals surface area contributed by atoms with Crippen molar-refractivity contribution in [2.45, 2.75) is 13.1 Å². The fourth-order valence-electron chi connectivity index (χ4n) is 1.97. The average molecular weight is 290 g/mol. The molecular formula is C15H15FN2O3. The molecule has 0 atom stereocenters. The van der Waals surface area contributed by atoms with Crippen LogP contribution in [0.5, 0.6) is 5.75 Å². The number of ether oxygens (including phenoxy) is 1. The number of nitro groups is 1. The van der Waals surface area contributed by atoms with Crippen molar-refractivity contribution >= 4 is 5.69 Å². The number of nitrogens with one attached hydrogen (secondary N) is 1. The monoisotopic (exact) mass is 290 g/mol. The van der Waals surface area contributed by atoms with Crippen molar-refractivity contribution in [2.75, 3.05) is 7.11 Å². The van der Waals surface area contributed by atoms with E-state index in [9.17, 15) is 14.5 Å². The Labute approximate surface area is 121 Å². The Morgan fingerprint density at radius 3 is 2.67 bits per heavy atom.